The van der Waals surface area contributed by atoms with Gasteiger partial charge in [0.05, 0.1) is 10.9 Å². The second-order valence-electron chi connectivity index (χ2n) is 5.46. The molecule has 7 heteroatoms. The summed E-state index contributed by atoms with van der Waals surface area (Å²) < 4.78 is 28.0. The Morgan fingerprint density at radius 2 is 1.79 bits per heavy atom. The Kier molecular flexibility index (Phi) is 4.13. The number of carbonyl (C=O) groups excluding carboxylic acids is 1. The highest BCUT2D eigenvalue weighted by Crippen LogP contribution is 2.20. The molecule has 2 aromatic carbocycles. The van der Waals surface area contributed by atoms with Crippen molar-refractivity contribution in [3.05, 3.63) is 65.9 Å². The molecule has 0 aliphatic carbocycles. The Morgan fingerprint density at radius 1 is 1.12 bits per heavy atom. The highest BCUT2D eigenvalue weighted by atomic mass is 32.2. The molecule has 24 heavy (non-hydrogen) atoms. The van der Waals surface area contributed by atoms with Gasteiger partial charge >= 0.3 is 0 Å². The molecular weight excluding hydrogens is 328 g/mol. The van der Waals surface area contributed by atoms with Gasteiger partial charge in [-0.15, -0.1) is 0 Å². The van der Waals surface area contributed by atoms with Crippen molar-refractivity contribution in [1.29, 1.82) is 0 Å². The summed E-state index contributed by atoms with van der Waals surface area (Å²) in [6, 6.07) is 14.8. The summed E-state index contributed by atoms with van der Waals surface area (Å²) in [4.78, 5) is 12.3. The van der Waals surface area contributed by atoms with E-state index in [1.165, 1.54) is 12.1 Å². The van der Waals surface area contributed by atoms with Gasteiger partial charge in [0.1, 0.15) is 5.58 Å². The van der Waals surface area contributed by atoms with E-state index in [1.807, 2.05) is 18.2 Å². The number of amides is 1. The summed E-state index contributed by atoms with van der Waals surface area (Å²) in [6.45, 7) is 1.80. The van der Waals surface area contributed by atoms with Gasteiger partial charge in [0, 0.05) is 5.39 Å². The molecular formula is C17H16N2O4S. The second-order valence-corrected chi connectivity index (χ2v) is 7.02. The summed E-state index contributed by atoms with van der Waals surface area (Å²) in [5.41, 5.74) is 1.40. The number of benzene rings is 2. The third-order valence-corrected chi connectivity index (χ3v) is 4.63. The smallest absolute Gasteiger partial charge is 0.287 e. The fourth-order valence-corrected chi connectivity index (χ4v) is 2.91. The van der Waals surface area contributed by atoms with Gasteiger partial charge < -0.3 is 9.73 Å². The van der Waals surface area contributed by atoms with Crippen LogP contribution in [0.25, 0.3) is 11.0 Å². The van der Waals surface area contributed by atoms with Crippen LogP contribution in [0.1, 0.15) is 29.1 Å². The van der Waals surface area contributed by atoms with Gasteiger partial charge in [-0.05, 0) is 36.8 Å². The van der Waals surface area contributed by atoms with E-state index in [4.69, 9.17) is 9.56 Å². The number of hydrogen-bond donors (Lipinski definition) is 2. The Balaban J connectivity index is 1.76. The van der Waals surface area contributed by atoms with E-state index in [1.54, 1.807) is 31.2 Å². The SMILES string of the molecule is CC(NC(=O)c1cc2ccccc2o1)c1ccc(S(N)(=O)=O)cc1. The van der Waals surface area contributed by atoms with Crippen molar-refractivity contribution in [2.75, 3.05) is 0 Å². The van der Waals surface area contributed by atoms with Gasteiger partial charge in [0.15, 0.2) is 5.76 Å². The van der Waals surface area contributed by atoms with Crippen molar-refractivity contribution < 1.29 is 17.6 Å². The number of rotatable bonds is 4. The molecule has 3 aromatic rings. The first-order valence-corrected chi connectivity index (χ1v) is 8.81. The topological polar surface area (TPSA) is 102 Å². The monoisotopic (exact) mass is 344 g/mol. The van der Waals surface area contributed by atoms with Crippen LogP contribution >= 0.6 is 0 Å². The molecule has 3 rings (SSSR count). The van der Waals surface area contributed by atoms with Gasteiger partial charge in [-0.1, -0.05) is 30.3 Å². The van der Waals surface area contributed by atoms with Crippen LogP contribution in [0.4, 0.5) is 0 Å². The average Bonchev–Trinajstić information content (AvgIpc) is 2.98. The normalized spacial score (nSPS) is 12.9. The molecule has 1 heterocycles. The quantitative estimate of drug-likeness (QED) is 0.759. The van der Waals surface area contributed by atoms with Crippen molar-refractivity contribution >= 4 is 26.9 Å². The third-order valence-electron chi connectivity index (χ3n) is 3.71. The van der Waals surface area contributed by atoms with E-state index < -0.39 is 10.0 Å². The number of nitrogens with two attached hydrogens (primary N) is 1. The van der Waals surface area contributed by atoms with E-state index in [2.05, 4.69) is 5.32 Å². The van der Waals surface area contributed by atoms with Crippen LogP contribution < -0.4 is 10.5 Å². The Bertz CT molecular complexity index is 958. The maximum atomic E-state index is 12.3. The lowest BCUT2D eigenvalue weighted by atomic mass is 10.1. The lowest BCUT2D eigenvalue weighted by molar-refractivity contribution is 0.0914. The number of carbonyl (C=O) groups is 1. The van der Waals surface area contributed by atoms with Gasteiger partial charge in [-0.3, -0.25) is 4.79 Å². The Morgan fingerprint density at radius 3 is 2.42 bits per heavy atom. The standard InChI is InChI=1S/C17H16N2O4S/c1-11(12-6-8-14(9-7-12)24(18,21)22)19-17(20)16-10-13-4-2-3-5-15(13)23-16/h2-11H,1H3,(H,19,20)(H2,18,21,22). The number of hydrogen-bond acceptors (Lipinski definition) is 4. The number of furan rings is 1. The molecule has 1 atom stereocenters. The molecule has 1 aromatic heterocycles. The third kappa shape index (κ3) is 3.32. The van der Waals surface area contributed by atoms with Crippen LogP contribution in [0, 0.1) is 0 Å². The Labute approximate surface area is 139 Å². The molecule has 0 fully saturated rings. The van der Waals surface area contributed by atoms with Gasteiger partial charge in [-0.25, -0.2) is 13.6 Å². The molecule has 1 amide bonds. The molecule has 0 spiro atoms. The van der Waals surface area contributed by atoms with Gasteiger partial charge in [0.2, 0.25) is 10.0 Å². The summed E-state index contributed by atoms with van der Waals surface area (Å²) >= 11 is 0. The zero-order chi connectivity index (χ0) is 17.3. The van der Waals surface area contributed by atoms with Crippen molar-refractivity contribution in [1.82, 2.24) is 5.32 Å². The molecule has 1 unspecified atom stereocenters. The van der Waals surface area contributed by atoms with Crippen LogP contribution in [-0.4, -0.2) is 14.3 Å². The van der Waals surface area contributed by atoms with E-state index in [0.717, 1.165) is 10.9 Å². The highest BCUT2D eigenvalue weighted by Gasteiger charge is 2.16. The summed E-state index contributed by atoms with van der Waals surface area (Å²) in [5, 5.41) is 8.74. The molecule has 0 aliphatic heterocycles. The first kappa shape index (κ1) is 16.2. The Hall–Kier alpha value is -2.64. The van der Waals surface area contributed by atoms with E-state index in [0.29, 0.717) is 5.58 Å². The summed E-state index contributed by atoms with van der Waals surface area (Å²) in [5.74, 6) is -0.113. The molecule has 6 nitrogen and oxygen atoms in total. The molecule has 0 radical (unpaired) electrons. The molecule has 3 N–H and O–H groups in total. The zero-order valence-corrected chi connectivity index (χ0v) is 13.7. The average molecular weight is 344 g/mol. The van der Waals surface area contributed by atoms with Crippen LogP contribution in [0.15, 0.2) is 63.9 Å². The second kappa shape index (κ2) is 6.10. The minimum atomic E-state index is -3.73. The molecule has 0 saturated heterocycles. The van der Waals surface area contributed by atoms with Crippen LogP contribution in [0.3, 0.4) is 0 Å². The number of primary sulfonamides is 1. The maximum absolute atomic E-state index is 12.3. The minimum Gasteiger partial charge on any atom is -0.451 e. The van der Waals surface area contributed by atoms with Crippen LogP contribution in [0.5, 0.6) is 0 Å². The number of sulfonamides is 1. The van der Waals surface area contributed by atoms with Crippen molar-refractivity contribution in [3.63, 3.8) is 0 Å². The fraction of sp³-hybridized carbons (Fsp3) is 0.118. The summed E-state index contributed by atoms with van der Waals surface area (Å²) in [7, 11) is -3.73. The fourth-order valence-electron chi connectivity index (χ4n) is 2.39. The number of para-hydroxylation sites is 1. The van der Waals surface area contributed by atoms with Crippen molar-refractivity contribution in [2.24, 2.45) is 5.14 Å². The lowest BCUT2D eigenvalue weighted by Crippen LogP contribution is -2.26. The van der Waals surface area contributed by atoms with Crippen LogP contribution in [0.2, 0.25) is 0 Å². The number of fused-ring (bicyclic) bond motifs is 1. The minimum absolute atomic E-state index is 0.0297. The largest absolute Gasteiger partial charge is 0.451 e. The maximum Gasteiger partial charge on any atom is 0.287 e. The first-order valence-electron chi connectivity index (χ1n) is 7.27. The van der Waals surface area contributed by atoms with E-state index in [9.17, 15) is 13.2 Å². The van der Waals surface area contributed by atoms with Crippen molar-refractivity contribution in [2.45, 2.75) is 17.9 Å². The van der Waals surface area contributed by atoms with Crippen molar-refractivity contribution in [3.8, 4) is 0 Å². The summed E-state index contributed by atoms with van der Waals surface area (Å²) in [6.07, 6.45) is 0. The van der Waals surface area contributed by atoms with E-state index >= 15 is 0 Å². The van der Waals surface area contributed by atoms with Gasteiger partial charge in [0.25, 0.3) is 5.91 Å². The first-order chi connectivity index (χ1) is 11.3. The predicted octanol–water partition coefficient (Wildman–Crippen LogP) is 2.57. The number of nitrogens with one attached hydrogen (secondary N) is 1. The van der Waals surface area contributed by atoms with Crippen LogP contribution in [-0.2, 0) is 10.0 Å². The predicted molar refractivity (Wildman–Crippen MR) is 89.9 cm³/mol. The highest BCUT2D eigenvalue weighted by molar-refractivity contribution is 7.89. The van der Waals surface area contributed by atoms with Gasteiger partial charge in [-0.2, -0.15) is 0 Å². The van der Waals surface area contributed by atoms with E-state index in [-0.39, 0.29) is 22.6 Å². The molecule has 0 saturated carbocycles. The molecule has 0 aliphatic rings. The molecule has 0 bridgehead atoms. The zero-order valence-electron chi connectivity index (χ0n) is 12.9. The molecule has 124 valence electrons. The lowest BCUT2D eigenvalue weighted by Gasteiger charge is -2.13.